The first-order valence-electron chi connectivity index (χ1n) is 6.17. The van der Waals surface area contributed by atoms with Crippen molar-refractivity contribution in [3.63, 3.8) is 0 Å². The van der Waals surface area contributed by atoms with Crippen LogP contribution in [-0.2, 0) is 14.8 Å². The van der Waals surface area contributed by atoms with Crippen LogP contribution in [0, 0.1) is 0 Å². The normalized spacial score (nSPS) is 19.4. The summed E-state index contributed by atoms with van der Waals surface area (Å²) in [6, 6.07) is 5.42. The van der Waals surface area contributed by atoms with Crippen LogP contribution >= 0.6 is 0 Å². The average molecular weight is 296 g/mol. The number of ketones is 1. The molecule has 20 heavy (non-hydrogen) atoms. The predicted molar refractivity (Wildman–Crippen MR) is 72.8 cm³/mol. The molecule has 1 fully saturated rings. The first-order chi connectivity index (χ1) is 9.29. The Morgan fingerprint density at radius 3 is 2.65 bits per heavy atom. The zero-order chi connectivity index (χ0) is 14.9. The molecule has 1 aliphatic rings. The van der Waals surface area contributed by atoms with E-state index in [1.165, 1.54) is 30.0 Å². The Kier molecular flexibility index (Phi) is 3.92. The summed E-state index contributed by atoms with van der Waals surface area (Å²) in [7, 11) is -2.10. The second kappa shape index (κ2) is 5.34. The van der Waals surface area contributed by atoms with Crippen LogP contribution in [0.25, 0.3) is 0 Å². The quantitative estimate of drug-likeness (QED) is 0.815. The minimum Gasteiger partial charge on any atom is -0.344 e. The number of Topliss-reactive ketones (excluding diaryl/α,β-unsaturated/α-hetero) is 1. The predicted octanol–water partition coefficient (Wildman–Crippen LogP) is 0.398. The molecular formula is C13H16N2O4S. The average Bonchev–Trinajstić information content (AvgIpc) is 2.67. The molecule has 1 aromatic carbocycles. The van der Waals surface area contributed by atoms with Crippen molar-refractivity contribution in [1.29, 1.82) is 0 Å². The molecule has 0 aromatic heterocycles. The van der Waals surface area contributed by atoms with Gasteiger partial charge in [-0.15, -0.1) is 0 Å². The molecule has 1 atom stereocenters. The Morgan fingerprint density at radius 2 is 2.10 bits per heavy atom. The van der Waals surface area contributed by atoms with Crippen LogP contribution in [0.1, 0.15) is 23.7 Å². The van der Waals surface area contributed by atoms with Gasteiger partial charge in [-0.2, -0.15) is 0 Å². The van der Waals surface area contributed by atoms with Crippen molar-refractivity contribution in [2.24, 2.45) is 0 Å². The van der Waals surface area contributed by atoms with E-state index in [4.69, 9.17) is 0 Å². The first-order valence-corrected chi connectivity index (χ1v) is 7.65. The van der Waals surface area contributed by atoms with Gasteiger partial charge in [0.15, 0.2) is 5.78 Å². The van der Waals surface area contributed by atoms with Crippen molar-refractivity contribution >= 4 is 21.7 Å². The molecule has 1 unspecified atom stereocenters. The summed E-state index contributed by atoms with van der Waals surface area (Å²) in [4.78, 5) is 24.2. The number of likely N-dealkylation sites (tertiary alicyclic amines) is 1. The maximum Gasteiger partial charge on any atom is 0.240 e. The van der Waals surface area contributed by atoms with Gasteiger partial charge in [-0.1, -0.05) is 12.1 Å². The number of nitrogens with zero attached hydrogens (tertiary/aromatic N) is 1. The lowest BCUT2D eigenvalue weighted by molar-refractivity contribution is -0.126. The zero-order valence-corrected chi connectivity index (χ0v) is 12.1. The number of hydrogen-bond donors (Lipinski definition) is 1. The van der Waals surface area contributed by atoms with E-state index in [2.05, 4.69) is 4.72 Å². The van der Waals surface area contributed by atoms with Crippen molar-refractivity contribution in [2.75, 3.05) is 13.6 Å². The third-order valence-corrected chi connectivity index (χ3v) is 4.73. The van der Waals surface area contributed by atoms with Gasteiger partial charge in [0.25, 0.3) is 0 Å². The fourth-order valence-corrected chi connectivity index (χ4v) is 3.38. The topological polar surface area (TPSA) is 83.5 Å². The Balaban J connectivity index is 2.21. The summed E-state index contributed by atoms with van der Waals surface area (Å²) in [5, 5.41) is 0. The number of benzene rings is 1. The minimum absolute atomic E-state index is 0.0344. The molecule has 0 aliphatic carbocycles. The van der Waals surface area contributed by atoms with Crippen molar-refractivity contribution in [3.05, 3.63) is 29.8 Å². The first kappa shape index (κ1) is 14.7. The number of rotatable bonds is 4. The van der Waals surface area contributed by atoms with Gasteiger partial charge in [0.05, 0.1) is 4.90 Å². The van der Waals surface area contributed by atoms with E-state index in [-0.39, 0.29) is 23.0 Å². The third kappa shape index (κ3) is 3.05. The second-order valence-corrected chi connectivity index (χ2v) is 6.59. The van der Waals surface area contributed by atoms with Gasteiger partial charge in [0, 0.05) is 31.6 Å². The van der Waals surface area contributed by atoms with Crippen LogP contribution in [0.5, 0.6) is 0 Å². The fraction of sp³-hybridized carbons (Fsp3) is 0.385. The Bertz CT molecular complexity index is 654. The highest BCUT2D eigenvalue weighted by molar-refractivity contribution is 7.89. The van der Waals surface area contributed by atoms with E-state index >= 15 is 0 Å². The van der Waals surface area contributed by atoms with E-state index < -0.39 is 16.1 Å². The summed E-state index contributed by atoms with van der Waals surface area (Å²) in [5.74, 6) is -0.284. The Morgan fingerprint density at radius 1 is 1.40 bits per heavy atom. The van der Waals surface area contributed by atoms with Gasteiger partial charge in [0.1, 0.15) is 0 Å². The van der Waals surface area contributed by atoms with Gasteiger partial charge in [0.2, 0.25) is 15.9 Å². The molecule has 1 aliphatic heterocycles. The van der Waals surface area contributed by atoms with Gasteiger partial charge in [-0.3, -0.25) is 9.59 Å². The molecule has 1 amide bonds. The van der Waals surface area contributed by atoms with E-state index in [1.807, 2.05) is 0 Å². The number of sulfonamides is 1. The van der Waals surface area contributed by atoms with Crippen LogP contribution in [-0.4, -0.2) is 44.6 Å². The van der Waals surface area contributed by atoms with Gasteiger partial charge < -0.3 is 4.90 Å². The lowest BCUT2D eigenvalue weighted by Crippen LogP contribution is -2.36. The largest absolute Gasteiger partial charge is 0.344 e. The third-order valence-electron chi connectivity index (χ3n) is 3.21. The highest BCUT2D eigenvalue weighted by Gasteiger charge is 2.30. The van der Waals surface area contributed by atoms with Crippen LogP contribution < -0.4 is 4.72 Å². The van der Waals surface area contributed by atoms with E-state index in [9.17, 15) is 18.0 Å². The summed E-state index contributed by atoms with van der Waals surface area (Å²) >= 11 is 0. The lowest BCUT2D eigenvalue weighted by atomic mass is 10.2. The molecule has 108 valence electrons. The molecule has 0 spiro atoms. The SMILES string of the molecule is CC(=O)c1cccc(S(=O)(=O)NC2CC(=O)N(C)C2)c1. The Hall–Kier alpha value is -1.73. The van der Waals surface area contributed by atoms with Crippen molar-refractivity contribution in [2.45, 2.75) is 24.3 Å². The lowest BCUT2D eigenvalue weighted by Gasteiger charge is -2.13. The number of carbonyl (C=O) groups is 2. The molecule has 1 saturated heterocycles. The monoisotopic (exact) mass is 296 g/mol. The van der Waals surface area contributed by atoms with Crippen LogP contribution in [0.3, 0.4) is 0 Å². The van der Waals surface area contributed by atoms with E-state index in [1.54, 1.807) is 13.1 Å². The number of likely N-dealkylation sites (N-methyl/N-ethyl adjacent to an activating group) is 1. The smallest absolute Gasteiger partial charge is 0.240 e. The van der Waals surface area contributed by atoms with Gasteiger partial charge >= 0.3 is 0 Å². The van der Waals surface area contributed by atoms with Gasteiger partial charge in [-0.05, 0) is 19.1 Å². The van der Waals surface area contributed by atoms with E-state index in [0.29, 0.717) is 12.1 Å². The molecule has 0 radical (unpaired) electrons. The highest BCUT2D eigenvalue weighted by atomic mass is 32.2. The standard InChI is InChI=1S/C13H16N2O4S/c1-9(16)10-4-3-5-12(6-10)20(18,19)14-11-7-13(17)15(2)8-11/h3-6,11,14H,7-8H2,1-2H3. The number of amides is 1. The highest BCUT2D eigenvalue weighted by Crippen LogP contribution is 2.15. The summed E-state index contributed by atoms with van der Waals surface area (Å²) in [6.07, 6.45) is 0.155. The van der Waals surface area contributed by atoms with E-state index in [0.717, 1.165) is 0 Å². The molecule has 0 bridgehead atoms. The molecular weight excluding hydrogens is 280 g/mol. The number of nitrogens with one attached hydrogen (secondary N) is 1. The van der Waals surface area contributed by atoms with Crippen LogP contribution in [0.2, 0.25) is 0 Å². The van der Waals surface area contributed by atoms with Crippen molar-refractivity contribution in [3.8, 4) is 0 Å². The Labute approximate surface area is 117 Å². The van der Waals surface area contributed by atoms with Crippen molar-refractivity contribution < 1.29 is 18.0 Å². The second-order valence-electron chi connectivity index (χ2n) is 4.88. The maximum atomic E-state index is 12.2. The molecule has 1 N–H and O–H groups in total. The summed E-state index contributed by atoms with van der Waals surface area (Å²) in [5.41, 5.74) is 0.340. The number of hydrogen-bond acceptors (Lipinski definition) is 4. The van der Waals surface area contributed by atoms with Crippen LogP contribution in [0.15, 0.2) is 29.2 Å². The maximum absolute atomic E-state index is 12.2. The summed E-state index contributed by atoms with van der Waals surface area (Å²) in [6.45, 7) is 1.73. The molecule has 7 heteroatoms. The molecule has 0 saturated carbocycles. The number of carbonyl (C=O) groups excluding carboxylic acids is 2. The zero-order valence-electron chi connectivity index (χ0n) is 11.3. The van der Waals surface area contributed by atoms with Gasteiger partial charge in [-0.25, -0.2) is 13.1 Å². The molecule has 1 heterocycles. The molecule has 6 nitrogen and oxygen atoms in total. The van der Waals surface area contributed by atoms with Crippen molar-refractivity contribution in [1.82, 2.24) is 9.62 Å². The minimum atomic E-state index is -3.73. The fourth-order valence-electron chi connectivity index (χ4n) is 2.11. The van der Waals surface area contributed by atoms with Crippen LogP contribution in [0.4, 0.5) is 0 Å². The summed E-state index contributed by atoms with van der Waals surface area (Å²) < 4.78 is 26.9. The molecule has 2 rings (SSSR count). The molecule has 1 aromatic rings.